The molecule has 1 fully saturated rings. The molecule has 2 heterocycles. The van der Waals surface area contributed by atoms with Crippen molar-refractivity contribution in [2.75, 3.05) is 18.4 Å². The fourth-order valence-electron chi connectivity index (χ4n) is 1.91. The molecule has 1 aliphatic rings. The molecule has 1 unspecified atom stereocenters. The Hall–Kier alpha value is -1.26. The van der Waals surface area contributed by atoms with Gasteiger partial charge in [-0.3, -0.25) is 0 Å². The van der Waals surface area contributed by atoms with Crippen molar-refractivity contribution in [2.45, 2.75) is 12.5 Å². The first kappa shape index (κ1) is 9.93. The van der Waals surface area contributed by atoms with Crippen LogP contribution in [0.25, 0.3) is 11.1 Å². The zero-order valence-electron chi connectivity index (χ0n) is 8.66. The second-order valence-corrected chi connectivity index (χ2v) is 4.40. The molecule has 0 spiro atoms. The van der Waals surface area contributed by atoms with Crippen LogP contribution in [-0.4, -0.2) is 24.1 Å². The highest BCUT2D eigenvalue weighted by Gasteiger charge is 2.16. The van der Waals surface area contributed by atoms with Gasteiger partial charge in [0.2, 0.25) is 0 Å². The Morgan fingerprint density at radius 3 is 3.25 bits per heavy atom. The number of hydrogen-bond acceptors (Lipinski definition) is 4. The highest BCUT2D eigenvalue weighted by Crippen LogP contribution is 2.23. The van der Waals surface area contributed by atoms with Crippen molar-refractivity contribution in [3.8, 4) is 0 Å². The molecule has 3 rings (SSSR count). The van der Waals surface area contributed by atoms with Crippen LogP contribution in [0.3, 0.4) is 0 Å². The Balaban J connectivity index is 1.86. The molecule has 5 heteroatoms. The van der Waals surface area contributed by atoms with Crippen LogP contribution in [0.4, 0.5) is 6.01 Å². The van der Waals surface area contributed by atoms with Crippen molar-refractivity contribution in [1.82, 2.24) is 10.3 Å². The molecule has 0 amide bonds. The topological polar surface area (TPSA) is 50.1 Å². The van der Waals surface area contributed by atoms with E-state index < -0.39 is 0 Å². The molecular weight excluding hydrogens is 226 g/mol. The molecule has 4 nitrogen and oxygen atoms in total. The predicted molar refractivity (Wildman–Crippen MR) is 63.9 cm³/mol. The van der Waals surface area contributed by atoms with Crippen molar-refractivity contribution in [3.63, 3.8) is 0 Å². The second kappa shape index (κ2) is 3.96. The van der Waals surface area contributed by atoms with Gasteiger partial charge in [0.15, 0.2) is 5.58 Å². The maximum absolute atomic E-state index is 5.89. The van der Waals surface area contributed by atoms with E-state index in [1.165, 1.54) is 0 Å². The summed E-state index contributed by atoms with van der Waals surface area (Å²) in [5.74, 6) is 0. The van der Waals surface area contributed by atoms with E-state index in [1.54, 1.807) is 12.1 Å². The Morgan fingerprint density at radius 1 is 1.50 bits per heavy atom. The number of nitrogens with one attached hydrogen (secondary N) is 2. The normalized spacial score (nSPS) is 20.4. The van der Waals surface area contributed by atoms with Crippen molar-refractivity contribution in [3.05, 3.63) is 23.2 Å². The first-order valence-electron chi connectivity index (χ1n) is 5.34. The average Bonchev–Trinajstić information content (AvgIpc) is 2.86. The number of anilines is 1. The third kappa shape index (κ3) is 1.86. The SMILES string of the molecule is Clc1ccc2oc(NC3CCNC3)nc2c1. The predicted octanol–water partition coefficient (Wildman–Crippen LogP) is 2.25. The molecule has 1 aromatic carbocycles. The smallest absolute Gasteiger partial charge is 0.295 e. The Labute approximate surface area is 98.0 Å². The van der Waals surface area contributed by atoms with Gasteiger partial charge in [0.05, 0.1) is 0 Å². The number of hydrogen-bond donors (Lipinski definition) is 2. The monoisotopic (exact) mass is 237 g/mol. The van der Waals surface area contributed by atoms with Gasteiger partial charge in [-0.25, -0.2) is 0 Å². The molecule has 16 heavy (non-hydrogen) atoms. The third-order valence-electron chi connectivity index (χ3n) is 2.74. The van der Waals surface area contributed by atoms with Crippen molar-refractivity contribution >= 4 is 28.7 Å². The Kier molecular flexibility index (Phi) is 2.46. The van der Waals surface area contributed by atoms with Gasteiger partial charge in [0, 0.05) is 17.6 Å². The Morgan fingerprint density at radius 2 is 2.44 bits per heavy atom. The summed E-state index contributed by atoms with van der Waals surface area (Å²) in [6, 6.07) is 6.42. The van der Waals surface area contributed by atoms with Crippen molar-refractivity contribution < 1.29 is 4.42 Å². The van der Waals surface area contributed by atoms with Gasteiger partial charge in [-0.1, -0.05) is 11.6 Å². The summed E-state index contributed by atoms with van der Waals surface area (Å²) in [4.78, 5) is 4.35. The number of benzene rings is 1. The van der Waals surface area contributed by atoms with E-state index in [4.69, 9.17) is 16.0 Å². The number of aromatic nitrogens is 1. The van der Waals surface area contributed by atoms with Crippen molar-refractivity contribution in [2.24, 2.45) is 0 Å². The molecule has 1 atom stereocenters. The van der Waals surface area contributed by atoms with Crippen LogP contribution in [0.2, 0.25) is 5.02 Å². The molecule has 0 radical (unpaired) electrons. The third-order valence-corrected chi connectivity index (χ3v) is 2.97. The minimum Gasteiger partial charge on any atom is -0.424 e. The van der Waals surface area contributed by atoms with Gasteiger partial charge in [-0.2, -0.15) is 4.98 Å². The Bertz CT molecular complexity index is 505. The van der Waals surface area contributed by atoms with E-state index >= 15 is 0 Å². The van der Waals surface area contributed by atoms with Gasteiger partial charge >= 0.3 is 0 Å². The fraction of sp³-hybridized carbons (Fsp3) is 0.364. The lowest BCUT2D eigenvalue weighted by atomic mass is 10.3. The van der Waals surface area contributed by atoms with Gasteiger partial charge in [-0.05, 0) is 31.2 Å². The number of rotatable bonds is 2. The van der Waals surface area contributed by atoms with Gasteiger partial charge in [-0.15, -0.1) is 0 Å². The van der Waals surface area contributed by atoms with E-state index in [9.17, 15) is 0 Å². The molecule has 0 aliphatic carbocycles. The second-order valence-electron chi connectivity index (χ2n) is 3.97. The molecule has 0 bridgehead atoms. The molecule has 2 aromatic rings. The lowest BCUT2D eigenvalue weighted by molar-refractivity contribution is 0.599. The summed E-state index contributed by atoms with van der Waals surface area (Å²) in [5.41, 5.74) is 1.55. The highest BCUT2D eigenvalue weighted by atomic mass is 35.5. The number of nitrogens with zero attached hydrogens (tertiary/aromatic N) is 1. The van der Waals surface area contributed by atoms with Crippen LogP contribution < -0.4 is 10.6 Å². The zero-order valence-corrected chi connectivity index (χ0v) is 9.42. The first-order chi connectivity index (χ1) is 7.81. The minimum absolute atomic E-state index is 0.406. The summed E-state index contributed by atoms with van der Waals surface area (Å²) in [5, 5.41) is 7.22. The van der Waals surface area contributed by atoms with Crippen LogP contribution >= 0.6 is 11.6 Å². The van der Waals surface area contributed by atoms with E-state index in [-0.39, 0.29) is 0 Å². The maximum atomic E-state index is 5.89. The van der Waals surface area contributed by atoms with Gasteiger partial charge in [0.25, 0.3) is 6.01 Å². The standard InChI is InChI=1S/C11H12ClN3O/c12-7-1-2-10-9(5-7)15-11(16-10)14-8-3-4-13-6-8/h1-2,5,8,13H,3-4,6H2,(H,14,15). The molecule has 84 valence electrons. The quantitative estimate of drug-likeness (QED) is 0.841. The first-order valence-corrected chi connectivity index (χ1v) is 5.72. The summed E-state index contributed by atoms with van der Waals surface area (Å²) < 4.78 is 5.58. The number of oxazole rings is 1. The van der Waals surface area contributed by atoms with E-state index in [2.05, 4.69) is 15.6 Å². The van der Waals surface area contributed by atoms with Gasteiger partial charge in [0.1, 0.15) is 5.52 Å². The molecule has 0 saturated carbocycles. The summed E-state index contributed by atoms with van der Waals surface area (Å²) in [6.45, 7) is 2.00. The fourth-order valence-corrected chi connectivity index (χ4v) is 2.08. The van der Waals surface area contributed by atoms with E-state index in [0.717, 1.165) is 30.6 Å². The molecular formula is C11H12ClN3O. The lowest BCUT2D eigenvalue weighted by Crippen LogP contribution is -2.22. The average molecular weight is 238 g/mol. The van der Waals surface area contributed by atoms with Crippen LogP contribution in [0.15, 0.2) is 22.6 Å². The van der Waals surface area contributed by atoms with E-state index in [1.807, 2.05) is 6.07 Å². The molecule has 2 N–H and O–H groups in total. The van der Waals surface area contributed by atoms with Crippen LogP contribution in [0.1, 0.15) is 6.42 Å². The lowest BCUT2D eigenvalue weighted by Gasteiger charge is -2.07. The largest absolute Gasteiger partial charge is 0.424 e. The summed E-state index contributed by atoms with van der Waals surface area (Å²) in [7, 11) is 0. The van der Waals surface area contributed by atoms with Crippen LogP contribution in [-0.2, 0) is 0 Å². The van der Waals surface area contributed by atoms with Crippen molar-refractivity contribution in [1.29, 1.82) is 0 Å². The minimum atomic E-state index is 0.406. The van der Waals surface area contributed by atoms with Crippen LogP contribution in [0.5, 0.6) is 0 Å². The van der Waals surface area contributed by atoms with Crippen LogP contribution in [0, 0.1) is 0 Å². The number of halogens is 1. The molecule has 1 saturated heterocycles. The number of fused-ring (bicyclic) bond motifs is 1. The summed E-state index contributed by atoms with van der Waals surface area (Å²) >= 11 is 5.89. The zero-order chi connectivity index (χ0) is 11.0. The highest BCUT2D eigenvalue weighted by molar-refractivity contribution is 6.31. The van der Waals surface area contributed by atoms with E-state index in [0.29, 0.717) is 17.1 Å². The maximum Gasteiger partial charge on any atom is 0.295 e. The molecule has 1 aromatic heterocycles. The van der Waals surface area contributed by atoms with Gasteiger partial charge < -0.3 is 15.1 Å². The summed E-state index contributed by atoms with van der Waals surface area (Å²) in [6.07, 6.45) is 1.10. The molecule has 1 aliphatic heterocycles.